The normalized spacial score (nSPS) is 19.8. The van der Waals surface area contributed by atoms with Crippen LogP contribution in [0.4, 0.5) is 0 Å². The van der Waals surface area contributed by atoms with Gasteiger partial charge in [-0.3, -0.25) is 9.69 Å². The number of unbranched alkanes of at least 4 members (excludes halogenated alkanes) is 2. The van der Waals surface area contributed by atoms with Gasteiger partial charge < -0.3 is 9.15 Å². The lowest BCUT2D eigenvalue weighted by Crippen LogP contribution is -2.42. The van der Waals surface area contributed by atoms with Crippen molar-refractivity contribution in [3.8, 4) is 5.75 Å². The van der Waals surface area contributed by atoms with E-state index in [1.165, 1.54) is 57.8 Å². The summed E-state index contributed by atoms with van der Waals surface area (Å²) in [6.45, 7) is 4.45. The monoisotopic (exact) mass is 411 g/mol. The molecular formula is C26H37NO3. The lowest BCUT2D eigenvalue weighted by atomic mass is 9.87. The maximum absolute atomic E-state index is 12.9. The van der Waals surface area contributed by atoms with Gasteiger partial charge in [0, 0.05) is 25.1 Å². The van der Waals surface area contributed by atoms with Crippen molar-refractivity contribution in [1.29, 1.82) is 0 Å². The molecule has 1 aliphatic heterocycles. The van der Waals surface area contributed by atoms with Crippen LogP contribution in [0.25, 0.3) is 11.0 Å². The van der Waals surface area contributed by atoms with E-state index in [2.05, 4.69) is 11.8 Å². The number of likely N-dealkylation sites (tertiary alicyclic amines) is 1. The van der Waals surface area contributed by atoms with Gasteiger partial charge in [-0.25, -0.2) is 0 Å². The molecule has 0 amide bonds. The molecule has 0 radical (unpaired) electrons. The zero-order chi connectivity index (χ0) is 20.8. The SMILES string of the molecule is CCCCCC(Oc1ccc2oc(C3CCCCC3)cc(=O)c2c1)N1CCCCC1. The van der Waals surface area contributed by atoms with Crippen molar-refractivity contribution in [2.45, 2.75) is 96.1 Å². The zero-order valence-electron chi connectivity index (χ0n) is 18.5. The molecule has 0 spiro atoms. The zero-order valence-corrected chi connectivity index (χ0v) is 18.5. The standard InChI is InChI=1S/C26H37NO3/c1-2-3-6-13-26(27-16-9-5-10-17-27)29-21-14-15-24-22(18-21)23(28)19-25(30-24)20-11-7-4-8-12-20/h14-15,18-20,26H,2-13,16-17H2,1H3. The van der Waals surface area contributed by atoms with E-state index in [9.17, 15) is 4.79 Å². The van der Waals surface area contributed by atoms with E-state index in [1.54, 1.807) is 6.07 Å². The van der Waals surface area contributed by atoms with E-state index in [1.807, 2.05) is 18.2 Å². The largest absolute Gasteiger partial charge is 0.475 e. The number of nitrogens with zero attached hydrogens (tertiary/aromatic N) is 1. The predicted octanol–water partition coefficient (Wildman–Crippen LogP) is 6.61. The third kappa shape index (κ3) is 5.26. The summed E-state index contributed by atoms with van der Waals surface area (Å²) < 4.78 is 12.6. The number of fused-ring (bicyclic) bond motifs is 1. The molecule has 2 aliphatic rings. The highest BCUT2D eigenvalue weighted by atomic mass is 16.5. The van der Waals surface area contributed by atoms with Gasteiger partial charge in [-0.15, -0.1) is 0 Å². The second kappa shape index (κ2) is 10.5. The number of rotatable bonds is 8. The second-order valence-corrected chi connectivity index (χ2v) is 9.17. The fourth-order valence-electron chi connectivity index (χ4n) is 5.06. The molecule has 4 rings (SSSR count). The van der Waals surface area contributed by atoms with E-state index in [-0.39, 0.29) is 11.7 Å². The van der Waals surface area contributed by atoms with Crippen molar-refractivity contribution in [2.75, 3.05) is 13.1 Å². The molecule has 1 saturated heterocycles. The molecule has 1 saturated carbocycles. The first kappa shape index (κ1) is 21.4. The number of hydrogen-bond donors (Lipinski definition) is 0. The van der Waals surface area contributed by atoms with E-state index in [0.29, 0.717) is 16.9 Å². The molecule has 30 heavy (non-hydrogen) atoms. The minimum atomic E-state index is 0.0581. The van der Waals surface area contributed by atoms with Gasteiger partial charge in [-0.05, 0) is 56.7 Å². The van der Waals surface area contributed by atoms with Crippen LogP contribution in [-0.4, -0.2) is 24.2 Å². The van der Waals surface area contributed by atoms with Gasteiger partial charge in [0.25, 0.3) is 0 Å². The van der Waals surface area contributed by atoms with Gasteiger partial charge in [0.1, 0.15) is 17.1 Å². The highest BCUT2D eigenvalue weighted by Gasteiger charge is 2.23. The van der Waals surface area contributed by atoms with Gasteiger partial charge in [-0.1, -0.05) is 45.4 Å². The Morgan fingerprint density at radius 3 is 2.57 bits per heavy atom. The second-order valence-electron chi connectivity index (χ2n) is 9.17. The van der Waals surface area contributed by atoms with Gasteiger partial charge in [-0.2, -0.15) is 0 Å². The fraction of sp³-hybridized carbons (Fsp3) is 0.654. The molecule has 0 N–H and O–H groups in total. The number of benzene rings is 1. The summed E-state index contributed by atoms with van der Waals surface area (Å²) in [4.78, 5) is 15.4. The summed E-state index contributed by atoms with van der Waals surface area (Å²) in [5, 5.41) is 0.637. The molecule has 1 aromatic heterocycles. The summed E-state index contributed by atoms with van der Waals surface area (Å²) in [6, 6.07) is 7.53. The molecule has 1 aromatic carbocycles. The van der Waals surface area contributed by atoms with Crippen LogP contribution >= 0.6 is 0 Å². The third-order valence-corrected chi connectivity index (χ3v) is 6.85. The first-order valence-electron chi connectivity index (χ1n) is 12.2. The molecule has 1 aliphatic carbocycles. The highest BCUT2D eigenvalue weighted by molar-refractivity contribution is 5.78. The summed E-state index contributed by atoms with van der Waals surface area (Å²) >= 11 is 0. The van der Waals surface area contributed by atoms with Crippen LogP contribution in [0.15, 0.2) is 33.5 Å². The lowest BCUT2D eigenvalue weighted by Gasteiger charge is -2.34. The minimum Gasteiger partial charge on any atom is -0.475 e. The Bertz CT molecular complexity index is 862. The molecule has 4 nitrogen and oxygen atoms in total. The van der Waals surface area contributed by atoms with Crippen LogP contribution in [0.5, 0.6) is 5.75 Å². The van der Waals surface area contributed by atoms with Crippen molar-refractivity contribution in [1.82, 2.24) is 4.90 Å². The molecule has 0 bridgehead atoms. The van der Waals surface area contributed by atoms with Crippen LogP contribution in [0, 0.1) is 0 Å². The van der Waals surface area contributed by atoms with Crippen LogP contribution in [0.3, 0.4) is 0 Å². The summed E-state index contributed by atoms with van der Waals surface area (Å²) in [5.74, 6) is 2.05. The van der Waals surface area contributed by atoms with Crippen molar-refractivity contribution < 1.29 is 9.15 Å². The quantitative estimate of drug-likeness (QED) is 0.458. The molecule has 2 aromatic rings. The van der Waals surface area contributed by atoms with E-state index < -0.39 is 0 Å². The maximum atomic E-state index is 12.9. The molecule has 2 fully saturated rings. The van der Waals surface area contributed by atoms with Crippen LogP contribution in [-0.2, 0) is 0 Å². The van der Waals surface area contributed by atoms with Gasteiger partial charge in [0.2, 0.25) is 0 Å². The topological polar surface area (TPSA) is 42.7 Å². The lowest BCUT2D eigenvalue weighted by molar-refractivity contribution is 0.00488. The van der Waals surface area contributed by atoms with E-state index in [4.69, 9.17) is 9.15 Å². The first-order valence-corrected chi connectivity index (χ1v) is 12.2. The van der Waals surface area contributed by atoms with E-state index >= 15 is 0 Å². The first-order chi connectivity index (χ1) is 14.7. The Morgan fingerprint density at radius 2 is 1.80 bits per heavy atom. The summed E-state index contributed by atoms with van der Waals surface area (Å²) in [6.07, 6.45) is 14.6. The molecule has 2 heterocycles. The Hall–Kier alpha value is -1.81. The van der Waals surface area contributed by atoms with Gasteiger partial charge in [0.05, 0.1) is 5.39 Å². The Morgan fingerprint density at radius 1 is 1.03 bits per heavy atom. The van der Waals surface area contributed by atoms with Crippen LogP contribution in [0.2, 0.25) is 0 Å². The third-order valence-electron chi connectivity index (χ3n) is 6.85. The van der Waals surface area contributed by atoms with Gasteiger partial charge in [0.15, 0.2) is 11.7 Å². The predicted molar refractivity (Wildman–Crippen MR) is 122 cm³/mol. The molecular weight excluding hydrogens is 374 g/mol. The minimum absolute atomic E-state index is 0.0581. The Labute approximate surface area is 180 Å². The Balaban J connectivity index is 1.53. The number of piperidine rings is 1. The fourth-order valence-corrected chi connectivity index (χ4v) is 5.06. The summed E-state index contributed by atoms with van der Waals surface area (Å²) in [7, 11) is 0. The molecule has 1 unspecified atom stereocenters. The van der Waals surface area contributed by atoms with Crippen LogP contribution < -0.4 is 10.2 Å². The van der Waals surface area contributed by atoms with Crippen molar-refractivity contribution in [3.63, 3.8) is 0 Å². The molecule has 164 valence electrons. The molecule has 4 heteroatoms. The average molecular weight is 412 g/mol. The average Bonchev–Trinajstić information content (AvgIpc) is 2.80. The van der Waals surface area contributed by atoms with E-state index in [0.717, 1.165) is 43.9 Å². The van der Waals surface area contributed by atoms with Crippen molar-refractivity contribution in [3.05, 3.63) is 40.2 Å². The number of ether oxygens (including phenoxy) is 1. The Kier molecular flexibility index (Phi) is 7.48. The van der Waals surface area contributed by atoms with Crippen LogP contribution in [0.1, 0.15) is 95.7 Å². The smallest absolute Gasteiger partial charge is 0.193 e. The van der Waals surface area contributed by atoms with Crippen molar-refractivity contribution >= 4 is 11.0 Å². The number of hydrogen-bond acceptors (Lipinski definition) is 4. The molecule has 1 atom stereocenters. The summed E-state index contributed by atoms with van der Waals surface area (Å²) in [5.41, 5.74) is 0.749. The van der Waals surface area contributed by atoms with Crippen molar-refractivity contribution in [2.24, 2.45) is 0 Å². The highest BCUT2D eigenvalue weighted by Crippen LogP contribution is 2.33. The maximum Gasteiger partial charge on any atom is 0.193 e. The van der Waals surface area contributed by atoms with Gasteiger partial charge >= 0.3 is 0 Å².